The molecule has 5 rings (SSSR count). The van der Waals surface area contributed by atoms with Crippen LogP contribution in [-0.2, 0) is 29.0 Å². The Bertz CT molecular complexity index is 1750. The normalized spacial score (nSPS) is 16.7. The lowest BCUT2D eigenvalue weighted by Gasteiger charge is -2.31. The van der Waals surface area contributed by atoms with Crippen molar-refractivity contribution in [2.45, 2.75) is 37.6 Å². The maximum Gasteiger partial charge on any atom is 0.252 e. The molecule has 2 N–H and O–H groups in total. The number of ether oxygens (including phenoxy) is 4. The lowest BCUT2D eigenvalue weighted by molar-refractivity contribution is -0.129. The number of hydrogen-bond acceptors (Lipinski definition) is 8. The Hall–Kier alpha value is -5.51. The van der Waals surface area contributed by atoms with Crippen LogP contribution in [0.4, 0.5) is 0 Å². The second-order valence-corrected chi connectivity index (χ2v) is 10.9. The van der Waals surface area contributed by atoms with Crippen LogP contribution in [0.25, 0.3) is 10.4 Å². The molecule has 1 aliphatic heterocycles. The van der Waals surface area contributed by atoms with Crippen LogP contribution < -0.4 is 19.5 Å². The fourth-order valence-corrected chi connectivity index (χ4v) is 5.55. The Morgan fingerprint density at radius 1 is 0.957 bits per heavy atom. The van der Waals surface area contributed by atoms with Crippen LogP contribution in [0.5, 0.6) is 17.2 Å². The van der Waals surface area contributed by atoms with E-state index in [9.17, 15) is 4.79 Å². The zero-order valence-electron chi connectivity index (χ0n) is 26.3. The van der Waals surface area contributed by atoms with E-state index in [2.05, 4.69) is 15.3 Å². The van der Waals surface area contributed by atoms with Crippen LogP contribution in [0.1, 0.15) is 40.3 Å². The van der Waals surface area contributed by atoms with E-state index in [-0.39, 0.29) is 32.0 Å². The largest absolute Gasteiger partial charge is 0.497 e. The summed E-state index contributed by atoms with van der Waals surface area (Å²) in [4.78, 5) is 22.8. The van der Waals surface area contributed by atoms with Gasteiger partial charge in [-0.1, -0.05) is 59.7 Å². The van der Waals surface area contributed by atoms with Crippen molar-refractivity contribution in [2.24, 2.45) is 10.1 Å². The standard InChI is InChI=1S/C36H37N5O6/c1-44-31-13-7-12-26(21-31)33-36(22-27-9-3-4-10-28(27)24-39-41-37,35(43)38-23-29-11-5-6-14-32(29)45-2)40-34(47-33)25-15-17-30(18-16-25)46-20-8-19-42/h3-7,9-18,21,33,42H,8,19-20,22-24H2,1-2H3,(H,38,43)/t33-,36-/m1/s1. The monoisotopic (exact) mass is 635 g/mol. The van der Waals surface area contributed by atoms with E-state index < -0.39 is 11.6 Å². The molecular weight excluding hydrogens is 598 g/mol. The average Bonchev–Trinajstić information content (AvgIpc) is 3.51. The number of hydrogen-bond donors (Lipinski definition) is 2. The number of methoxy groups -OCH3 is 2. The summed E-state index contributed by atoms with van der Waals surface area (Å²) in [6, 6.07) is 29.7. The van der Waals surface area contributed by atoms with Crippen molar-refractivity contribution in [1.82, 2.24) is 5.32 Å². The van der Waals surface area contributed by atoms with Crippen LogP contribution in [0, 0.1) is 0 Å². The Morgan fingerprint density at radius 2 is 1.70 bits per heavy atom. The van der Waals surface area contributed by atoms with Crippen molar-refractivity contribution in [3.63, 3.8) is 0 Å². The molecule has 4 aromatic carbocycles. The van der Waals surface area contributed by atoms with Gasteiger partial charge in [0, 0.05) is 42.0 Å². The molecule has 1 aliphatic rings. The number of nitrogens with zero attached hydrogens (tertiary/aromatic N) is 4. The third-order valence-corrected chi connectivity index (χ3v) is 7.94. The molecule has 0 saturated heterocycles. The van der Waals surface area contributed by atoms with Gasteiger partial charge in [-0.05, 0) is 64.7 Å². The van der Waals surface area contributed by atoms with Crippen molar-refractivity contribution in [2.75, 3.05) is 27.4 Å². The Labute approximate surface area is 273 Å². The average molecular weight is 636 g/mol. The van der Waals surface area contributed by atoms with Gasteiger partial charge in [-0.3, -0.25) is 4.79 Å². The second-order valence-electron chi connectivity index (χ2n) is 10.9. The topological polar surface area (TPSA) is 147 Å². The molecule has 0 aromatic heterocycles. The third-order valence-electron chi connectivity index (χ3n) is 7.94. The van der Waals surface area contributed by atoms with Gasteiger partial charge in [0.2, 0.25) is 5.90 Å². The number of aliphatic hydroxyl groups is 1. The molecule has 2 atom stereocenters. The molecule has 0 aliphatic carbocycles. The van der Waals surface area contributed by atoms with Gasteiger partial charge in [0.1, 0.15) is 17.2 Å². The molecule has 0 bridgehead atoms. The van der Waals surface area contributed by atoms with Crippen LogP contribution in [0.3, 0.4) is 0 Å². The van der Waals surface area contributed by atoms with Crippen molar-refractivity contribution >= 4 is 11.8 Å². The van der Waals surface area contributed by atoms with E-state index in [0.29, 0.717) is 47.3 Å². The molecule has 0 radical (unpaired) electrons. The Kier molecular flexibility index (Phi) is 11.0. The number of carbonyl (C=O) groups excluding carboxylic acids is 1. The highest BCUT2D eigenvalue weighted by molar-refractivity contribution is 6.01. The number of aliphatic hydroxyl groups excluding tert-OH is 1. The highest BCUT2D eigenvalue weighted by Crippen LogP contribution is 2.44. The van der Waals surface area contributed by atoms with E-state index in [1.165, 1.54) is 0 Å². The minimum absolute atomic E-state index is 0.0432. The fourth-order valence-electron chi connectivity index (χ4n) is 5.55. The number of nitrogens with one attached hydrogen (secondary N) is 1. The van der Waals surface area contributed by atoms with Gasteiger partial charge in [0.05, 0.1) is 27.4 Å². The highest BCUT2D eigenvalue weighted by atomic mass is 16.5. The smallest absolute Gasteiger partial charge is 0.252 e. The van der Waals surface area contributed by atoms with Gasteiger partial charge in [-0.2, -0.15) is 0 Å². The van der Waals surface area contributed by atoms with Gasteiger partial charge >= 0.3 is 0 Å². The summed E-state index contributed by atoms with van der Waals surface area (Å²) in [5.41, 5.74) is 11.3. The number of amides is 1. The van der Waals surface area contributed by atoms with E-state index in [1.807, 2.05) is 84.9 Å². The van der Waals surface area contributed by atoms with Gasteiger partial charge in [0.15, 0.2) is 11.6 Å². The maximum atomic E-state index is 14.7. The molecule has 4 aromatic rings. The molecule has 1 heterocycles. The van der Waals surface area contributed by atoms with Crippen molar-refractivity contribution in [3.8, 4) is 17.2 Å². The molecule has 1 amide bonds. The van der Waals surface area contributed by atoms with Crippen molar-refractivity contribution < 1.29 is 28.8 Å². The van der Waals surface area contributed by atoms with Crippen LogP contribution in [0.15, 0.2) is 107 Å². The first-order valence-electron chi connectivity index (χ1n) is 15.2. The first-order valence-corrected chi connectivity index (χ1v) is 15.2. The van der Waals surface area contributed by atoms with Gasteiger partial charge < -0.3 is 29.4 Å². The quantitative estimate of drug-likeness (QED) is 0.0699. The summed E-state index contributed by atoms with van der Waals surface area (Å²) in [5, 5.41) is 16.0. The molecule has 11 nitrogen and oxygen atoms in total. The van der Waals surface area contributed by atoms with Crippen molar-refractivity contribution in [3.05, 3.63) is 135 Å². The molecule has 0 saturated carbocycles. The van der Waals surface area contributed by atoms with E-state index in [4.69, 9.17) is 34.6 Å². The molecule has 11 heteroatoms. The second kappa shape index (κ2) is 15.7. The van der Waals surface area contributed by atoms with Gasteiger partial charge in [0.25, 0.3) is 5.91 Å². The molecule has 0 spiro atoms. The SMILES string of the molecule is COc1cccc([C@H]2OC(c3ccc(OCCCO)cc3)=N[C@@]2(Cc2ccccc2CN=[N+]=[N-])C(=O)NCc2ccccc2OC)c1. The third kappa shape index (κ3) is 7.66. The molecule has 0 unspecified atom stereocenters. The van der Waals surface area contributed by atoms with E-state index in [0.717, 1.165) is 16.7 Å². The number of benzene rings is 4. The number of carbonyl (C=O) groups is 1. The maximum absolute atomic E-state index is 14.7. The summed E-state index contributed by atoms with van der Waals surface area (Å²) in [5.74, 6) is 1.83. The predicted octanol–water partition coefficient (Wildman–Crippen LogP) is 6.09. The summed E-state index contributed by atoms with van der Waals surface area (Å²) in [7, 11) is 3.17. The van der Waals surface area contributed by atoms with E-state index >= 15 is 0 Å². The zero-order chi connectivity index (χ0) is 33.1. The molecular formula is C36H37N5O6. The minimum Gasteiger partial charge on any atom is -0.497 e. The zero-order valence-corrected chi connectivity index (χ0v) is 26.3. The van der Waals surface area contributed by atoms with E-state index in [1.54, 1.807) is 26.4 Å². The molecule has 0 fully saturated rings. The number of aliphatic imine (C=N–C) groups is 1. The summed E-state index contributed by atoms with van der Waals surface area (Å²) >= 11 is 0. The number of para-hydroxylation sites is 1. The summed E-state index contributed by atoms with van der Waals surface area (Å²) in [6.45, 7) is 0.739. The highest BCUT2D eigenvalue weighted by Gasteiger charge is 2.53. The molecule has 242 valence electrons. The summed E-state index contributed by atoms with van der Waals surface area (Å²) < 4.78 is 23.4. The first-order chi connectivity index (χ1) is 23.0. The van der Waals surface area contributed by atoms with Crippen LogP contribution in [-0.4, -0.2) is 49.9 Å². The van der Waals surface area contributed by atoms with Gasteiger partial charge in [-0.25, -0.2) is 4.99 Å². The number of azide groups is 1. The summed E-state index contributed by atoms with van der Waals surface area (Å²) in [6.07, 6.45) is -0.179. The Morgan fingerprint density at radius 3 is 2.43 bits per heavy atom. The molecule has 47 heavy (non-hydrogen) atoms. The first kappa shape index (κ1) is 32.9. The number of rotatable bonds is 15. The lowest BCUT2D eigenvalue weighted by Crippen LogP contribution is -2.49. The lowest BCUT2D eigenvalue weighted by atomic mass is 9.80. The van der Waals surface area contributed by atoms with Crippen molar-refractivity contribution in [1.29, 1.82) is 0 Å². The van der Waals surface area contributed by atoms with Crippen LogP contribution in [0.2, 0.25) is 0 Å². The Balaban J connectivity index is 1.61. The van der Waals surface area contributed by atoms with Crippen LogP contribution >= 0.6 is 0 Å². The fraction of sp³-hybridized carbons (Fsp3) is 0.278. The van der Waals surface area contributed by atoms with Gasteiger partial charge in [-0.15, -0.1) is 0 Å². The predicted molar refractivity (Wildman–Crippen MR) is 178 cm³/mol. The minimum atomic E-state index is -1.48.